The van der Waals surface area contributed by atoms with Gasteiger partial charge in [0.1, 0.15) is 12.7 Å². The SMILES string of the molecule is Cc1nc([N+](=O)[O-])cn1CC(=O)N(C)C1CCCCCCC1. The minimum absolute atomic E-state index is 0.0130. The van der Waals surface area contributed by atoms with Gasteiger partial charge in [0.15, 0.2) is 0 Å². The fraction of sp³-hybridized carbons (Fsp3) is 0.733. The summed E-state index contributed by atoms with van der Waals surface area (Å²) in [6.45, 7) is 1.79. The molecule has 0 unspecified atom stereocenters. The molecule has 1 aromatic rings. The van der Waals surface area contributed by atoms with Crippen LogP contribution in [0.25, 0.3) is 0 Å². The average Bonchev–Trinajstić information content (AvgIpc) is 2.79. The van der Waals surface area contributed by atoms with Crippen molar-refractivity contribution in [3.63, 3.8) is 0 Å². The number of aryl methyl sites for hydroxylation is 1. The van der Waals surface area contributed by atoms with Crippen LogP contribution in [0.1, 0.15) is 50.8 Å². The van der Waals surface area contributed by atoms with E-state index in [1.54, 1.807) is 11.5 Å². The van der Waals surface area contributed by atoms with E-state index in [4.69, 9.17) is 0 Å². The largest absolute Gasteiger partial charge is 0.381 e. The summed E-state index contributed by atoms with van der Waals surface area (Å²) in [4.78, 5) is 28.3. The predicted molar refractivity (Wildman–Crippen MR) is 82.5 cm³/mol. The standard InChI is InChI=1S/C15H24N4O3/c1-12-16-14(19(21)22)10-18(12)11-15(20)17(2)13-8-6-4-3-5-7-9-13/h10,13H,3-9,11H2,1-2H3. The molecule has 22 heavy (non-hydrogen) atoms. The Bertz CT molecular complexity index is 533. The van der Waals surface area contributed by atoms with Gasteiger partial charge in [-0.25, -0.2) is 0 Å². The maximum Gasteiger partial charge on any atom is 0.381 e. The summed E-state index contributed by atoms with van der Waals surface area (Å²) in [6, 6.07) is 0.284. The fourth-order valence-corrected chi connectivity index (χ4v) is 3.02. The van der Waals surface area contributed by atoms with E-state index < -0.39 is 4.92 Å². The van der Waals surface area contributed by atoms with Crippen LogP contribution in [0.3, 0.4) is 0 Å². The minimum atomic E-state index is -0.535. The van der Waals surface area contributed by atoms with Gasteiger partial charge in [-0.2, -0.15) is 0 Å². The Kier molecular flexibility index (Phi) is 5.51. The van der Waals surface area contributed by atoms with Crippen LogP contribution in [0.5, 0.6) is 0 Å². The van der Waals surface area contributed by atoms with Crippen molar-refractivity contribution in [2.75, 3.05) is 7.05 Å². The number of hydrogen-bond acceptors (Lipinski definition) is 4. The third kappa shape index (κ3) is 4.05. The first-order valence-corrected chi connectivity index (χ1v) is 7.93. The molecular formula is C15H24N4O3. The molecule has 0 atom stereocenters. The monoisotopic (exact) mass is 308 g/mol. The van der Waals surface area contributed by atoms with Gasteiger partial charge in [-0.05, 0) is 22.7 Å². The lowest BCUT2D eigenvalue weighted by atomic mass is 9.96. The van der Waals surface area contributed by atoms with Crippen molar-refractivity contribution in [3.8, 4) is 0 Å². The molecule has 0 saturated heterocycles. The molecule has 0 bridgehead atoms. The Hall–Kier alpha value is -1.92. The van der Waals surface area contributed by atoms with Gasteiger partial charge in [-0.3, -0.25) is 9.36 Å². The number of likely N-dealkylation sites (N-methyl/N-ethyl adjacent to an activating group) is 1. The molecule has 2 rings (SSSR count). The number of nitro groups is 1. The van der Waals surface area contributed by atoms with Gasteiger partial charge in [0.25, 0.3) is 0 Å². The Morgan fingerprint density at radius 2 is 1.95 bits per heavy atom. The van der Waals surface area contributed by atoms with Gasteiger partial charge >= 0.3 is 5.82 Å². The van der Waals surface area contributed by atoms with Crippen LogP contribution >= 0.6 is 0 Å². The van der Waals surface area contributed by atoms with Gasteiger partial charge in [0.05, 0.1) is 0 Å². The summed E-state index contributed by atoms with van der Waals surface area (Å²) in [5, 5.41) is 10.7. The van der Waals surface area contributed by atoms with Gasteiger partial charge in [-0.1, -0.05) is 32.1 Å². The second kappa shape index (κ2) is 7.38. The molecule has 7 nitrogen and oxygen atoms in total. The van der Waals surface area contributed by atoms with Crippen LogP contribution in [-0.4, -0.2) is 38.4 Å². The third-order valence-electron chi connectivity index (χ3n) is 4.47. The molecule has 122 valence electrons. The van der Waals surface area contributed by atoms with Crippen molar-refractivity contribution < 1.29 is 9.72 Å². The molecular weight excluding hydrogens is 284 g/mol. The van der Waals surface area contributed by atoms with E-state index in [9.17, 15) is 14.9 Å². The van der Waals surface area contributed by atoms with E-state index in [-0.39, 0.29) is 24.3 Å². The second-order valence-corrected chi connectivity index (χ2v) is 6.03. The molecule has 1 heterocycles. The Labute approximate surface area is 130 Å². The molecule has 0 spiro atoms. The van der Waals surface area contributed by atoms with E-state index in [0.29, 0.717) is 5.82 Å². The van der Waals surface area contributed by atoms with Crippen LogP contribution < -0.4 is 0 Å². The molecule has 0 aromatic carbocycles. The van der Waals surface area contributed by atoms with Crippen LogP contribution in [-0.2, 0) is 11.3 Å². The van der Waals surface area contributed by atoms with E-state index in [0.717, 1.165) is 25.7 Å². The summed E-state index contributed by atoms with van der Waals surface area (Å²) < 4.78 is 1.56. The van der Waals surface area contributed by atoms with E-state index >= 15 is 0 Å². The first kappa shape index (κ1) is 16.5. The zero-order valence-electron chi connectivity index (χ0n) is 13.3. The van der Waals surface area contributed by atoms with Crippen LogP contribution in [0, 0.1) is 17.0 Å². The maximum absolute atomic E-state index is 12.4. The smallest absolute Gasteiger partial charge is 0.358 e. The molecule has 1 aliphatic carbocycles. The predicted octanol–water partition coefficient (Wildman–Crippen LogP) is 2.67. The zero-order valence-corrected chi connectivity index (χ0v) is 13.3. The Balaban J connectivity index is 1.99. The lowest BCUT2D eigenvalue weighted by Crippen LogP contribution is -2.39. The minimum Gasteiger partial charge on any atom is -0.358 e. The van der Waals surface area contributed by atoms with Gasteiger partial charge in [0.2, 0.25) is 11.7 Å². The van der Waals surface area contributed by atoms with Crippen molar-refractivity contribution in [1.29, 1.82) is 0 Å². The third-order valence-corrected chi connectivity index (χ3v) is 4.47. The topological polar surface area (TPSA) is 81.3 Å². The number of rotatable bonds is 4. The van der Waals surface area contributed by atoms with Crippen molar-refractivity contribution in [2.45, 2.75) is 64.5 Å². The molecule has 1 saturated carbocycles. The summed E-state index contributed by atoms with van der Waals surface area (Å²) in [5.41, 5.74) is 0. The number of nitrogens with zero attached hydrogens (tertiary/aromatic N) is 4. The quantitative estimate of drug-likeness (QED) is 0.632. The lowest BCUT2D eigenvalue weighted by Gasteiger charge is -2.30. The molecule has 1 fully saturated rings. The van der Waals surface area contributed by atoms with Crippen molar-refractivity contribution in [3.05, 3.63) is 22.1 Å². The maximum atomic E-state index is 12.4. The fourth-order valence-electron chi connectivity index (χ4n) is 3.02. The van der Waals surface area contributed by atoms with Crippen molar-refractivity contribution in [2.24, 2.45) is 0 Å². The van der Waals surface area contributed by atoms with E-state index in [2.05, 4.69) is 4.98 Å². The number of aromatic nitrogens is 2. The van der Waals surface area contributed by atoms with Crippen molar-refractivity contribution >= 4 is 11.7 Å². The highest BCUT2D eigenvalue weighted by Crippen LogP contribution is 2.21. The number of hydrogen-bond donors (Lipinski definition) is 0. The summed E-state index contributed by atoms with van der Waals surface area (Å²) in [5.74, 6) is 0.269. The van der Waals surface area contributed by atoms with E-state index in [1.807, 2.05) is 11.9 Å². The Morgan fingerprint density at radius 1 is 1.36 bits per heavy atom. The number of amides is 1. The molecule has 1 aliphatic rings. The highest BCUT2D eigenvalue weighted by molar-refractivity contribution is 5.76. The van der Waals surface area contributed by atoms with Crippen LogP contribution in [0.15, 0.2) is 6.20 Å². The summed E-state index contributed by atoms with van der Waals surface area (Å²) in [7, 11) is 1.84. The highest BCUT2D eigenvalue weighted by Gasteiger charge is 2.23. The number of imidazole rings is 1. The van der Waals surface area contributed by atoms with E-state index in [1.165, 1.54) is 25.5 Å². The summed E-state index contributed by atoms with van der Waals surface area (Å²) >= 11 is 0. The normalized spacial score (nSPS) is 16.8. The highest BCUT2D eigenvalue weighted by atomic mass is 16.6. The summed E-state index contributed by atoms with van der Waals surface area (Å²) in [6.07, 6.45) is 9.53. The second-order valence-electron chi connectivity index (χ2n) is 6.03. The van der Waals surface area contributed by atoms with Gasteiger partial charge in [0, 0.05) is 20.0 Å². The van der Waals surface area contributed by atoms with Crippen LogP contribution in [0.4, 0.5) is 5.82 Å². The molecule has 0 aliphatic heterocycles. The van der Waals surface area contributed by atoms with Crippen LogP contribution in [0.2, 0.25) is 0 Å². The molecule has 1 aromatic heterocycles. The molecule has 1 amide bonds. The lowest BCUT2D eigenvalue weighted by molar-refractivity contribution is -0.389. The molecule has 0 N–H and O–H groups in total. The number of carbonyl (C=O) groups is 1. The van der Waals surface area contributed by atoms with Gasteiger partial charge in [-0.15, -0.1) is 0 Å². The number of carbonyl (C=O) groups excluding carboxylic acids is 1. The first-order valence-electron chi connectivity index (χ1n) is 7.93. The van der Waals surface area contributed by atoms with Crippen molar-refractivity contribution in [1.82, 2.24) is 14.5 Å². The zero-order chi connectivity index (χ0) is 16.1. The Morgan fingerprint density at radius 3 is 2.50 bits per heavy atom. The molecule has 7 heteroatoms. The first-order chi connectivity index (χ1) is 10.5. The molecule has 0 radical (unpaired) electrons. The van der Waals surface area contributed by atoms with Gasteiger partial charge < -0.3 is 15.0 Å². The average molecular weight is 308 g/mol.